The number of benzene rings is 1. The summed E-state index contributed by atoms with van der Waals surface area (Å²) in [7, 11) is 0. The molecule has 1 amide bonds. The van der Waals surface area contributed by atoms with Crippen LogP contribution < -0.4 is 16.0 Å². The maximum Gasteiger partial charge on any atom is 0.405 e. The van der Waals surface area contributed by atoms with Crippen LogP contribution in [0, 0.1) is 6.92 Å². The molecule has 5 nitrogen and oxygen atoms in total. The molecule has 1 aromatic carbocycles. The molecule has 1 atom stereocenters. The first-order valence-electron chi connectivity index (χ1n) is 8.45. The Labute approximate surface area is 170 Å². The Kier molecular flexibility index (Phi) is 11.7. The molecule has 2 rings (SSSR count). The van der Waals surface area contributed by atoms with Crippen LogP contribution in [0.3, 0.4) is 0 Å². The van der Waals surface area contributed by atoms with Crippen molar-refractivity contribution in [2.45, 2.75) is 25.6 Å². The molecule has 0 aromatic heterocycles. The summed E-state index contributed by atoms with van der Waals surface area (Å²) in [6.45, 7) is 3.63. The molecule has 0 saturated carbocycles. The number of nitrogens with zero attached hydrogens (tertiary/aromatic N) is 1. The normalized spacial score (nSPS) is 15.9. The van der Waals surface area contributed by atoms with E-state index < -0.39 is 18.8 Å². The Bertz CT molecular complexity index is 569. The number of alkyl halides is 3. The Morgan fingerprint density at radius 2 is 1.85 bits per heavy atom. The highest BCUT2D eigenvalue weighted by Gasteiger charge is 2.43. The average Bonchev–Trinajstić information content (AvgIpc) is 2.56. The van der Waals surface area contributed by atoms with E-state index in [4.69, 9.17) is 0 Å². The number of nitrogens with one attached hydrogen (secondary N) is 3. The third-order valence-electron chi connectivity index (χ3n) is 4.28. The molecule has 0 bridgehead atoms. The fourth-order valence-electron chi connectivity index (χ4n) is 2.83. The maximum absolute atomic E-state index is 13.2. The molecule has 1 aromatic rings. The van der Waals surface area contributed by atoms with Gasteiger partial charge in [-0.15, -0.1) is 24.8 Å². The molecule has 10 heteroatoms. The number of carbonyl (C=O) groups excluding carboxylic acids is 1. The van der Waals surface area contributed by atoms with E-state index >= 15 is 0 Å². The molecule has 1 aliphatic rings. The quantitative estimate of drug-likeness (QED) is 0.622. The first kappa shape index (κ1) is 25.8. The van der Waals surface area contributed by atoms with Gasteiger partial charge in [0.15, 0.2) is 0 Å². The summed E-state index contributed by atoms with van der Waals surface area (Å²) in [6, 6.07) is 6.02. The van der Waals surface area contributed by atoms with Gasteiger partial charge in [0.2, 0.25) is 5.91 Å². The van der Waals surface area contributed by atoms with Gasteiger partial charge in [-0.3, -0.25) is 9.69 Å². The summed E-state index contributed by atoms with van der Waals surface area (Å²) in [4.78, 5) is 13.3. The molecule has 0 aliphatic carbocycles. The maximum atomic E-state index is 13.2. The van der Waals surface area contributed by atoms with E-state index in [1.165, 1.54) is 4.90 Å². The molecule has 156 valence electrons. The standard InChI is InChI=1S/C17H25F3N4O.2ClH/c1-13-4-2-3-5-14(13)22-7-6-16(25)23-12-15(17(18,19)20)24-10-8-21-9-11-24;;/h2-5,15,21-22H,6-12H2,1H3,(H,23,25);2*1H. The molecular formula is C17H27Cl2F3N4O. The van der Waals surface area contributed by atoms with E-state index in [2.05, 4.69) is 16.0 Å². The van der Waals surface area contributed by atoms with E-state index in [-0.39, 0.29) is 37.1 Å². The van der Waals surface area contributed by atoms with Crippen LogP contribution in [0.25, 0.3) is 0 Å². The summed E-state index contributed by atoms with van der Waals surface area (Å²) in [5.41, 5.74) is 1.98. The highest BCUT2D eigenvalue weighted by atomic mass is 35.5. The van der Waals surface area contributed by atoms with Crippen LogP contribution >= 0.6 is 24.8 Å². The lowest BCUT2D eigenvalue weighted by molar-refractivity contribution is -0.184. The molecule has 0 spiro atoms. The zero-order chi connectivity index (χ0) is 18.3. The first-order chi connectivity index (χ1) is 11.9. The number of piperazine rings is 1. The Hall–Kier alpha value is -1.22. The molecule has 1 fully saturated rings. The lowest BCUT2D eigenvalue weighted by Crippen LogP contribution is -2.57. The van der Waals surface area contributed by atoms with Crippen LogP contribution in [-0.2, 0) is 4.79 Å². The van der Waals surface area contributed by atoms with Gasteiger partial charge in [0, 0.05) is 51.4 Å². The van der Waals surface area contributed by atoms with Crippen molar-refractivity contribution in [2.24, 2.45) is 0 Å². The van der Waals surface area contributed by atoms with Crippen LogP contribution in [0.15, 0.2) is 24.3 Å². The minimum absolute atomic E-state index is 0. The topological polar surface area (TPSA) is 56.4 Å². The minimum atomic E-state index is -4.36. The third kappa shape index (κ3) is 8.55. The fraction of sp³-hybridized carbons (Fsp3) is 0.588. The van der Waals surface area contributed by atoms with E-state index in [0.29, 0.717) is 32.7 Å². The van der Waals surface area contributed by atoms with Crippen LogP contribution in [0.5, 0.6) is 0 Å². The van der Waals surface area contributed by atoms with Crippen molar-refractivity contribution in [2.75, 3.05) is 44.6 Å². The van der Waals surface area contributed by atoms with Crippen LogP contribution in [0.2, 0.25) is 0 Å². The highest BCUT2D eigenvalue weighted by molar-refractivity contribution is 5.85. The predicted octanol–water partition coefficient (Wildman–Crippen LogP) is 2.59. The van der Waals surface area contributed by atoms with Gasteiger partial charge in [0.25, 0.3) is 0 Å². The Balaban J connectivity index is 0.00000338. The van der Waals surface area contributed by atoms with Crippen molar-refractivity contribution in [3.05, 3.63) is 29.8 Å². The van der Waals surface area contributed by atoms with Crippen molar-refractivity contribution in [3.8, 4) is 0 Å². The van der Waals surface area contributed by atoms with Gasteiger partial charge in [-0.05, 0) is 18.6 Å². The highest BCUT2D eigenvalue weighted by Crippen LogP contribution is 2.24. The summed E-state index contributed by atoms with van der Waals surface area (Å²) >= 11 is 0. The Morgan fingerprint density at radius 1 is 1.22 bits per heavy atom. The number of carbonyl (C=O) groups is 1. The van der Waals surface area contributed by atoms with E-state index in [0.717, 1.165) is 11.3 Å². The van der Waals surface area contributed by atoms with Crippen molar-refractivity contribution in [1.29, 1.82) is 0 Å². The zero-order valence-electron chi connectivity index (χ0n) is 15.1. The van der Waals surface area contributed by atoms with Gasteiger partial charge in [-0.25, -0.2) is 0 Å². The van der Waals surface area contributed by atoms with Crippen molar-refractivity contribution < 1.29 is 18.0 Å². The lowest BCUT2D eigenvalue weighted by Gasteiger charge is -2.35. The van der Waals surface area contributed by atoms with Gasteiger partial charge >= 0.3 is 6.18 Å². The minimum Gasteiger partial charge on any atom is -0.384 e. The predicted molar refractivity (Wildman–Crippen MR) is 106 cm³/mol. The lowest BCUT2D eigenvalue weighted by atomic mass is 10.2. The largest absolute Gasteiger partial charge is 0.405 e. The van der Waals surface area contributed by atoms with Gasteiger partial charge < -0.3 is 16.0 Å². The molecule has 1 saturated heterocycles. The van der Waals surface area contributed by atoms with Crippen LogP contribution in [-0.4, -0.2) is 62.3 Å². The fourth-order valence-corrected chi connectivity index (χ4v) is 2.83. The smallest absolute Gasteiger partial charge is 0.384 e. The molecule has 1 aliphatic heterocycles. The number of anilines is 1. The zero-order valence-corrected chi connectivity index (χ0v) is 16.8. The molecule has 3 N–H and O–H groups in total. The van der Waals surface area contributed by atoms with Crippen LogP contribution in [0.1, 0.15) is 12.0 Å². The molecule has 0 radical (unpaired) electrons. The number of hydrogen-bond donors (Lipinski definition) is 3. The molecule has 27 heavy (non-hydrogen) atoms. The number of hydrogen-bond acceptors (Lipinski definition) is 4. The second-order valence-electron chi connectivity index (χ2n) is 6.14. The number of rotatable bonds is 7. The van der Waals surface area contributed by atoms with E-state index in [1.807, 2.05) is 31.2 Å². The van der Waals surface area contributed by atoms with Crippen LogP contribution in [0.4, 0.5) is 18.9 Å². The van der Waals surface area contributed by atoms with Gasteiger partial charge in [-0.2, -0.15) is 13.2 Å². The SMILES string of the molecule is Cc1ccccc1NCCC(=O)NCC(N1CCNCC1)C(F)(F)F.Cl.Cl. The van der Waals surface area contributed by atoms with E-state index in [1.54, 1.807) is 0 Å². The first-order valence-corrected chi connectivity index (χ1v) is 8.45. The molecular weight excluding hydrogens is 404 g/mol. The second-order valence-corrected chi connectivity index (χ2v) is 6.14. The monoisotopic (exact) mass is 430 g/mol. The van der Waals surface area contributed by atoms with Crippen molar-refractivity contribution in [1.82, 2.24) is 15.5 Å². The van der Waals surface area contributed by atoms with E-state index in [9.17, 15) is 18.0 Å². The molecule has 1 heterocycles. The summed E-state index contributed by atoms with van der Waals surface area (Å²) < 4.78 is 39.7. The molecule has 1 unspecified atom stereocenters. The van der Waals surface area contributed by atoms with Crippen molar-refractivity contribution in [3.63, 3.8) is 0 Å². The summed E-state index contributed by atoms with van der Waals surface area (Å²) in [6.07, 6.45) is -4.23. The van der Waals surface area contributed by atoms with Gasteiger partial charge in [0.05, 0.1) is 0 Å². The van der Waals surface area contributed by atoms with Gasteiger partial charge in [0.1, 0.15) is 6.04 Å². The summed E-state index contributed by atoms with van der Waals surface area (Å²) in [5.74, 6) is -0.384. The second kappa shape index (κ2) is 12.3. The number of amides is 1. The van der Waals surface area contributed by atoms with Crippen molar-refractivity contribution >= 4 is 36.4 Å². The summed E-state index contributed by atoms with van der Waals surface area (Å²) in [5, 5.41) is 8.58. The van der Waals surface area contributed by atoms with Gasteiger partial charge in [-0.1, -0.05) is 18.2 Å². The number of para-hydroxylation sites is 1. The Morgan fingerprint density at radius 3 is 2.44 bits per heavy atom. The number of aryl methyl sites for hydroxylation is 1. The third-order valence-corrected chi connectivity index (χ3v) is 4.28. The average molecular weight is 431 g/mol. The number of halogens is 5.